The highest BCUT2D eigenvalue weighted by molar-refractivity contribution is 4.93. The molecule has 20 heavy (non-hydrogen) atoms. The van der Waals surface area contributed by atoms with Gasteiger partial charge in [-0.1, -0.05) is 12.2 Å². The van der Waals surface area contributed by atoms with Crippen LogP contribution >= 0.6 is 0 Å². The fourth-order valence-corrected chi connectivity index (χ4v) is 2.71. The third kappa shape index (κ3) is 3.92. The standard InChI is InChI=1S/C16H26O4/c1-5-8-13-14(9-7-10-17-13)19-15-11-18-16(3,4)20-12(15)6-2/h5-6,12-15H,1-2,7-11H2,3-4H3/t12-,13+,14-,15+/m0/s1. The molecule has 0 amide bonds. The predicted molar refractivity (Wildman–Crippen MR) is 77.6 cm³/mol. The number of rotatable bonds is 5. The molecule has 2 fully saturated rings. The van der Waals surface area contributed by atoms with E-state index in [2.05, 4.69) is 13.2 Å². The molecule has 2 rings (SSSR count). The van der Waals surface area contributed by atoms with E-state index < -0.39 is 5.79 Å². The summed E-state index contributed by atoms with van der Waals surface area (Å²) in [6.07, 6.45) is 6.40. The summed E-state index contributed by atoms with van der Waals surface area (Å²) in [6, 6.07) is 0. The largest absolute Gasteiger partial charge is 0.375 e. The van der Waals surface area contributed by atoms with Crippen molar-refractivity contribution in [3.63, 3.8) is 0 Å². The van der Waals surface area contributed by atoms with E-state index in [0.717, 1.165) is 25.9 Å². The molecule has 0 aromatic carbocycles. The molecule has 0 radical (unpaired) electrons. The van der Waals surface area contributed by atoms with Gasteiger partial charge in [0.05, 0.1) is 18.8 Å². The lowest BCUT2D eigenvalue weighted by atomic mass is 10.0. The fraction of sp³-hybridized carbons (Fsp3) is 0.750. The molecule has 4 heteroatoms. The van der Waals surface area contributed by atoms with Gasteiger partial charge in [-0.2, -0.15) is 0 Å². The third-order valence-electron chi connectivity index (χ3n) is 3.74. The van der Waals surface area contributed by atoms with Gasteiger partial charge in [-0.25, -0.2) is 0 Å². The van der Waals surface area contributed by atoms with Gasteiger partial charge >= 0.3 is 0 Å². The Labute approximate surface area is 121 Å². The Morgan fingerprint density at radius 2 is 2.10 bits per heavy atom. The van der Waals surface area contributed by atoms with E-state index in [0.29, 0.717) is 6.61 Å². The van der Waals surface area contributed by atoms with Gasteiger partial charge in [0, 0.05) is 6.61 Å². The van der Waals surface area contributed by atoms with Crippen molar-refractivity contribution in [1.82, 2.24) is 0 Å². The molecular formula is C16H26O4. The molecule has 0 N–H and O–H groups in total. The lowest BCUT2D eigenvalue weighted by Crippen LogP contribution is -2.51. The maximum atomic E-state index is 6.20. The highest BCUT2D eigenvalue weighted by atomic mass is 16.7. The predicted octanol–water partition coefficient (Wildman–Crippen LogP) is 2.83. The van der Waals surface area contributed by atoms with E-state index in [9.17, 15) is 0 Å². The summed E-state index contributed by atoms with van der Waals surface area (Å²) in [5.74, 6) is -0.581. The summed E-state index contributed by atoms with van der Waals surface area (Å²) in [7, 11) is 0. The fourth-order valence-electron chi connectivity index (χ4n) is 2.71. The second kappa shape index (κ2) is 6.85. The zero-order valence-electron chi connectivity index (χ0n) is 12.5. The SMILES string of the molecule is C=CC[C@H]1OCCC[C@@H]1O[C@@H]1COC(C)(C)O[C@H]1C=C. The second-order valence-electron chi connectivity index (χ2n) is 5.82. The number of hydrogen-bond donors (Lipinski definition) is 0. The Morgan fingerprint density at radius 3 is 2.80 bits per heavy atom. The molecule has 0 aromatic heterocycles. The van der Waals surface area contributed by atoms with E-state index >= 15 is 0 Å². The van der Waals surface area contributed by atoms with E-state index in [4.69, 9.17) is 18.9 Å². The van der Waals surface area contributed by atoms with Crippen molar-refractivity contribution in [2.24, 2.45) is 0 Å². The van der Waals surface area contributed by atoms with Gasteiger partial charge in [0.2, 0.25) is 0 Å². The molecule has 0 aliphatic carbocycles. The van der Waals surface area contributed by atoms with Crippen molar-refractivity contribution in [3.05, 3.63) is 25.3 Å². The molecule has 0 spiro atoms. The smallest absolute Gasteiger partial charge is 0.163 e. The zero-order valence-corrected chi connectivity index (χ0v) is 12.5. The monoisotopic (exact) mass is 282 g/mol. The van der Waals surface area contributed by atoms with Crippen LogP contribution in [-0.4, -0.2) is 43.4 Å². The molecule has 2 aliphatic heterocycles. The number of hydrogen-bond acceptors (Lipinski definition) is 4. The van der Waals surface area contributed by atoms with Crippen LogP contribution in [0.15, 0.2) is 25.3 Å². The Morgan fingerprint density at radius 1 is 1.30 bits per heavy atom. The van der Waals surface area contributed by atoms with Crippen LogP contribution in [0, 0.1) is 0 Å². The minimum absolute atomic E-state index is 0.0719. The van der Waals surface area contributed by atoms with Crippen LogP contribution in [0.3, 0.4) is 0 Å². The van der Waals surface area contributed by atoms with Gasteiger partial charge in [0.15, 0.2) is 5.79 Å². The summed E-state index contributed by atoms with van der Waals surface area (Å²) in [6.45, 7) is 12.8. The first-order valence-electron chi connectivity index (χ1n) is 7.38. The van der Waals surface area contributed by atoms with Crippen molar-refractivity contribution in [2.45, 2.75) is 63.3 Å². The highest BCUT2D eigenvalue weighted by Gasteiger charge is 2.38. The van der Waals surface area contributed by atoms with Crippen molar-refractivity contribution >= 4 is 0 Å². The minimum Gasteiger partial charge on any atom is -0.375 e. The Kier molecular flexibility index (Phi) is 5.38. The molecule has 0 bridgehead atoms. The van der Waals surface area contributed by atoms with Crippen molar-refractivity contribution in [1.29, 1.82) is 0 Å². The molecule has 2 heterocycles. The van der Waals surface area contributed by atoms with Crippen LogP contribution in [0.1, 0.15) is 33.1 Å². The Balaban J connectivity index is 1.96. The zero-order chi connectivity index (χ0) is 14.6. The van der Waals surface area contributed by atoms with Gasteiger partial charge < -0.3 is 18.9 Å². The van der Waals surface area contributed by atoms with Crippen LogP contribution in [-0.2, 0) is 18.9 Å². The van der Waals surface area contributed by atoms with Crippen molar-refractivity contribution in [3.8, 4) is 0 Å². The first-order valence-corrected chi connectivity index (χ1v) is 7.38. The van der Waals surface area contributed by atoms with Gasteiger partial charge in [0.1, 0.15) is 12.2 Å². The minimum atomic E-state index is -0.581. The van der Waals surface area contributed by atoms with Crippen LogP contribution in [0.2, 0.25) is 0 Å². The molecule has 0 unspecified atom stereocenters. The molecule has 2 aliphatic rings. The quantitative estimate of drug-likeness (QED) is 0.727. The van der Waals surface area contributed by atoms with Gasteiger partial charge in [-0.3, -0.25) is 0 Å². The third-order valence-corrected chi connectivity index (χ3v) is 3.74. The van der Waals surface area contributed by atoms with E-state index in [1.165, 1.54) is 0 Å². The molecule has 4 atom stereocenters. The van der Waals surface area contributed by atoms with Crippen LogP contribution in [0.4, 0.5) is 0 Å². The maximum Gasteiger partial charge on any atom is 0.163 e. The van der Waals surface area contributed by atoms with Gasteiger partial charge in [-0.15, -0.1) is 13.2 Å². The Hall–Kier alpha value is -0.680. The molecule has 2 saturated heterocycles. The lowest BCUT2D eigenvalue weighted by molar-refractivity contribution is -0.309. The van der Waals surface area contributed by atoms with Gasteiger partial charge in [0.25, 0.3) is 0 Å². The maximum absolute atomic E-state index is 6.20. The van der Waals surface area contributed by atoms with Crippen LogP contribution in [0.5, 0.6) is 0 Å². The van der Waals surface area contributed by atoms with E-state index in [-0.39, 0.29) is 24.4 Å². The average Bonchev–Trinajstić information content (AvgIpc) is 2.43. The number of ether oxygens (including phenoxy) is 4. The summed E-state index contributed by atoms with van der Waals surface area (Å²) in [5, 5.41) is 0. The summed E-state index contributed by atoms with van der Waals surface area (Å²) in [4.78, 5) is 0. The molecule has 0 saturated carbocycles. The summed E-state index contributed by atoms with van der Waals surface area (Å²) in [5.41, 5.74) is 0. The van der Waals surface area contributed by atoms with Crippen LogP contribution < -0.4 is 0 Å². The van der Waals surface area contributed by atoms with E-state index in [1.807, 2.05) is 19.9 Å². The molecule has 0 aromatic rings. The van der Waals surface area contributed by atoms with Crippen molar-refractivity contribution < 1.29 is 18.9 Å². The van der Waals surface area contributed by atoms with Gasteiger partial charge in [-0.05, 0) is 33.1 Å². The summed E-state index contributed by atoms with van der Waals surface area (Å²) >= 11 is 0. The Bertz CT molecular complexity index is 339. The normalized spacial score (nSPS) is 37.3. The topological polar surface area (TPSA) is 36.9 Å². The highest BCUT2D eigenvalue weighted by Crippen LogP contribution is 2.28. The second-order valence-corrected chi connectivity index (χ2v) is 5.82. The first kappa shape index (κ1) is 15.7. The average molecular weight is 282 g/mol. The molecular weight excluding hydrogens is 256 g/mol. The lowest BCUT2D eigenvalue weighted by Gasteiger charge is -2.42. The first-order chi connectivity index (χ1) is 9.55. The van der Waals surface area contributed by atoms with E-state index in [1.54, 1.807) is 6.08 Å². The van der Waals surface area contributed by atoms with Crippen molar-refractivity contribution in [2.75, 3.05) is 13.2 Å². The molecule has 4 nitrogen and oxygen atoms in total. The summed E-state index contributed by atoms with van der Waals surface area (Å²) < 4.78 is 23.5. The molecule has 114 valence electrons. The van der Waals surface area contributed by atoms with Crippen LogP contribution in [0.25, 0.3) is 0 Å².